The molecule has 2 heterocycles. The summed E-state index contributed by atoms with van der Waals surface area (Å²) in [7, 11) is 0. The van der Waals surface area contributed by atoms with E-state index in [9.17, 15) is 10.1 Å². The molecule has 0 aliphatic carbocycles. The van der Waals surface area contributed by atoms with Crippen molar-refractivity contribution >= 4 is 22.5 Å². The summed E-state index contributed by atoms with van der Waals surface area (Å²) < 4.78 is 5.70. The van der Waals surface area contributed by atoms with Gasteiger partial charge in [0.25, 0.3) is 5.69 Å². The molecule has 3 aromatic rings. The quantitative estimate of drug-likeness (QED) is 0.223. The Balaban J connectivity index is 1.37. The lowest BCUT2D eigenvalue weighted by molar-refractivity contribution is -0.384. The molecule has 1 aromatic heterocycles. The van der Waals surface area contributed by atoms with Crippen LogP contribution in [0, 0.1) is 10.1 Å². The largest absolute Gasteiger partial charge is 0.376 e. The number of hydrogen-bond donors (Lipinski definition) is 3. The maximum atomic E-state index is 10.8. The van der Waals surface area contributed by atoms with Crippen molar-refractivity contribution in [2.24, 2.45) is 4.99 Å². The highest BCUT2D eigenvalue weighted by Crippen LogP contribution is 2.18. The number of nitro groups is 1. The van der Waals surface area contributed by atoms with Gasteiger partial charge in [-0.15, -0.1) is 0 Å². The highest BCUT2D eigenvalue weighted by molar-refractivity contribution is 5.83. The smallest absolute Gasteiger partial charge is 0.269 e. The molecule has 31 heavy (non-hydrogen) atoms. The highest BCUT2D eigenvalue weighted by Gasteiger charge is 2.15. The van der Waals surface area contributed by atoms with Crippen LogP contribution in [0.5, 0.6) is 0 Å². The monoisotopic (exact) mass is 421 g/mol. The van der Waals surface area contributed by atoms with Crippen LogP contribution in [0.2, 0.25) is 0 Å². The number of aromatic nitrogens is 1. The van der Waals surface area contributed by atoms with Gasteiger partial charge < -0.3 is 20.4 Å². The first-order valence-electron chi connectivity index (χ1n) is 10.6. The molecule has 8 heteroatoms. The number of fused-ring (bicyclic) bond motifs is 1. The van der Waals surface area contributed by atoms with Crippen molar-refractivity contribution in [1.82, 2.24) is 15.6 Å². The van der Waals surface area contributed by atoms with E-state index in [1.54, 1.807) is 12.1 Å². The van der Waals surface area contributed by atoms with E-state index in [0.29, 0.717) is 19.0 Å². The van der Waals surface area contributed by atoms with E-state index in [1.807, 2.05) is 12.1 Å². The van der Waals surface area contributed by atoms with E-state index >= 15 is 0 Å². The van der Waals surface area contributed by atoms with Crippen molar-refractivity contribution in [3.05, 3.63) is 76.0 Å². The molecule has 1 fully saturated rings. The molecule has 3 N–H and O–H groups in total. The zero-order valence-corrected chi connectivity index (χ0v) is 17.3. The van der Waals surface area contributed by atoms with E-state index in [0.717, 1.165) is 43.5 Å². The fourth-order valence-electron chi connectivity index (χ4n) is 3.74. The van der Waals surface area contributed by atoms with Crippen LogP contribution < -0.4 is 10.6 Å². The maximum Gasteiger partial charge on any atom is 0.269 e. The summed E-state index contributed by atoms with van der Waals surface area (Å²) in [4.78, 5) is 18.4. The fourth-order valence-corrected chi connectivity index (χ4v) is 3.74. The number of benzene rings is 2. The minimum Gasteiger partial charge on any atom is -0.376 e. The van der Waals surface area contributed by atoms with Crippen molar-refractivity contribution < 1.29 is 9.66 Å². The molecule has 0 spiro atoms. The summed E-state index contributed by atoms with van der Waals surface area (Å²) in [5.74, 6) is 0.716. The Morgan fingerprint density at radius 2 is 2.03 bits per heavy atom. The number of rotatable bonds is 8. The number of non-ortho nitro benzene ring substituents is 1. The Bertz CT molecular complexity index is 1040. The molecule has 1 saturated heterocycles. The number of nitrogens with one attached hydrogen (secondary N) is 3. The van der Waals surface area contributed by atoms with E-state index in [-0.39, 0.29) is 11.8 Å². The fraction of sp³-hybridized carbons (Fsp3) is 0.348. The summed E-state index contributed by atoms with van der Waals surface area (Å²) in [5, 5.41) is 18.9. The Hall–Kier alpha value is -3.39. The summed E-state index contributed by atoms with van der Waals surface area (Å²) in [6.07, 6.45) is 5.27. The van der Waals surface area contributed by atoms with E-state index in [1.165, 1.54) is 23.1 Å². The average molecular weight is 422 g/mol. The van der Waals surface area contributed by atoms with Gasteiger partial charge in [0.15, 0.2) is 5.96 Å². The lowest BCUT2D eigenvalue weighted by Crippen LogP contribution is -2.41. The van der Waals surface area contributed by atoms with Gasteiger partial charge in [-0.3, -0.25) is 10.1 Å². The second-order valence-electron chi connectivity index (χ2n) is 7.64. The van der Waals surface area contributed by atoms with Crippen molar-refractivity contribution in [1.29, 1.82) is 0 Å². The second-order valence-corrected chi connectivity index (χ2v) is 7.64. The van der Waals surface area contributed by atoms with Crippen molar-refractivity contribution in [2.45, 2.75) is 31.9 Å². The minimum absolute atomic E-state index is 0.0846. The number of ether oxygens (including phenoxy) is 1. The molecule has 2 aromatic carbocycles. The van der Waals surface area contributed by atoms with E-state index < -0.39 is 4.92 Å². The lowest BCUT2D eigenvalue weighted by Gasteiger charge is -2.15. The van der Waals surface area contributed by atoms with Gasteiger partial charge >= 0.3 is 0 Å². The molecule has 1 atom stereocenters. The molecule has 0 saturated carbocycles. The third-order valence-electron chi connectivity index (χ3n) is 5.45. The van der Waals surface area contributed by atoms with Crippen molar-refractivity contribution in [3.63, 3.8) is 0 Å². The number of guanidine groups is 1. The number of nitro benzene ring substituents is 1. The SMILES string of the molecule is O=[N+]([O-])c1ccc(CN=C(NCCc2c[nH]c3ccccc23)NCC2CCCO2)cc1. The Kier molecular flexibility index (Phi) is 6.78. The second kappa shape index (κ2) is 10.1. The molecule has 1 aliphatic heterocycles. The normalized spacial score (nSPS) is 16.5. The first kappa shape index (κ1) is 20.9. The van der Waals surface area contributed by atoms with Gasteiger partial charge in [0.1, 0.15) is 0 Å². The topological polar surface area (TPSA) is 105 Å². The van der Waals surface area contributed by atoms with Gasteiger partial charge in [-0.1, -0.05) is 30.3 Å². The van der Waals surface area contributed by atoms with Crippen molar-refractivity contribution in [3.8, 4) is 0 Å². The van der Waals surface area contributed by atoms with Crippen molar-refractivity contribution in [2.75, 3.05) is 19.7 Å². The van der Waals surface area contributed by atoms with Crippen LogP contribution in [0.4, 0.5) is 5.69 Å². The van der Waals surface area contributed by atoms with E-state index in [2.05, 4.69) is 38.9 Å². The van der Waals surface area contributed by atoms with E-state index in [4.69, 9.17) is 4.74 Å². The van der Waals surface area contributed by atoms with Crippen LogP contribution >= 0.6 is 0 Å². The lowest BCUT2D eigenvalue weighted by atomic mass is 10.1. The predicted octanol–water partition coefficient (Wildman–Crippen LogP) is 3.53. The minimum atomic E-state index is -0.395. The molecule has 4 rings (SSSR count). The Morgan fingerprint density at radius 1 is 1.19 bits per heavy atom. The molecule has 1 aliphatic rings. The van der Waals surface area contributed by atoms with Crippen LogP contribution in [0.25, 0.3) is 10.9 Å². The average Bonchev–Trinajstić information content (AvgIpc) is 3.46. The van der Waals surface area contributed by atoms with Gasteiger partial charge in [0.2, 0.25) is 0 Å². The molecule has 0 radical (unpaired) electrons. The molecule has 0 amide bonds. The van der Waals surface area contributed by atoms with Gasteiger partial charge in [-0.05, 0) is 36.5 Å². The number of para-hydroxylation sites is 1. The number of H-pyrrole nitrogens is 1. The Morgan fingerprint density at radius 3 is 2.81 bits per heavy atom. The molecule has 1 unspecified atom stereocenters. The summed E-state index contributed by atoms with van der Waals surface area (Å²) in [6, 6.07) is 14.8. The number of nitrogens with zero attached hydrogens (tertiary/aromatic N) is 2. The van der Waals surface area contributed by atoms with Gasteiger partial charge in [-0.25, -0.2) is 4.99 Å². The van der Waals surface area contributed by atoms with Gasteiger partial charge in [-0.2, -0.15) is 0 Å². The number of aromatic amines is 1. The van der Waals surface area contributed by atoms with Gasteiger partial charge in [0, 0.05) is 48.9 Å². The number of hydrogen-bond acceptors (Lipinski definition) is 4. The molecular formula is C23H27N5O3. The first-order chi connectivity index (χ1) is 15.2. The summed E-state index contributed by atoms with van der Waals surface area (Å²) in [6.45, 7) is 2.69. The maximum absolute atomic E-state index is 10.8. The van der Waals surface area contributed by atoms with Crippen LogP contribution in [-0.2, 0) is 17.7 Å². The van der Waals surface area contributed by atoms with Crippen LogP contribution in [0.1, 0.15) is 24.0 Å². The molecule has 162 valence electrons. The molecule has 0 bridgehead atoms. The van der Waals surface area contributed by atoms with Crippen LogP contribution in [0.15, 0.2) is 59.7 Å². The molecule has 8 nitrogen and oxygen atoms in total. The summed E-state index contributed by atoms with van der Waals surface area (Å²) >= 11 is 0. The third kappa shape index (κ3) is 5.61. The highest BCUT2D eigenvalue weighted by atomic mass is 16.6. The van der Waals surface area contributed by atoms with Crippen LogP contribution in [-0.4, -0.2) is 41.7 Å². The number of aliphatic imine (C=N–C) groups is 1. The first-order valence-corrected chi connectivity index (χ1v) is 10.6. The zero-order valence-electron chi connectivity index (χ0n) is 17.3. The predicted molar refractivity (Wildman–Crippen MR) is 121 cm³/mol. The van der Waals surface area contributed by atoms with Crippen LogP contribution in [0.3, 0.4) is 0 Å². The van der Waals surface area contributed by atoms with Gasteiger partial charge in [0.05, 0.1) is 17.6 Å². The standard InChI is InChI=1S/C23H27N5O3/c29-28(30)19-9-7-17(8-10-19)14-26-23(27-16-20-4-3-13-31-20)24-12-11-18-15-25-22-6-2-1-5-21(18)22/h1-2,5-10,15,20,25H,3-4,11-14,16H2,(H2,24,26,27). The zero-order chi connectivity index (χ0) is 21.5. The molecular weight excluding hydrogens is 394 g/mol. The Labute approximate surface area is 180 Å². The summed E-state index contributed by atoms with van der Waals surface area (Å²) in [5.41, 5.74) is 3.40. The third-order valence-corrected chi connectivity index (χ3v) is 5.45.